The van der Waals surface area contributed by atoms with Crippen LogP contribution in [0.4, 0.5) is 25.1 Å². The number of nitrogen functional groups attached to an aromatic ring is 1. The van der Waals surface area contributed by atoms with Crippen LogP contribution in [0.3, 0.4) is 0 Å². The predicted octanol–water partition coefficient (Wildman–Crippen LogP) is 4.59. The number of halogens is 3. The van der Waals surface area contributed by atoms with Gasteiger partial charge in [0.05, 0.1) is 17.0 Å². The predicted molar refractivity (Wildman–Crippen MR) is 123 cm³/mol. The lowest BCUT2D eigenvalue weighted by Crippen LogP contribution is -2.31. The first-order valence-corrected chi connectivity index (χ1v) is 10.6. The van der Waals surface area contributed by atoms with E-state index in [4.69, 9.17) is 17.3 Å². The maximum Gasteiger partial charge on any atom is 0.324 e. The second-order valence-electron chi connectivity index (χ2n) is 7.84. The average molecular weight is 469 g/mol. The summed E-state index contributed by atoms with van der Waals surface area (Å²) in [6.45, 7) is 0.817. The van der Waals surface area contributed by atoms with Crippen molar-refractivity contribution >= 4 is 40.2 Å². The van der Waals surface area contributed by atoms with Crippen molar-refractivity contribution in [3.05, 3.63) is 71.1 Å². The van der Waals surface area contributed by atoms with E-state index in [0.29, 0.717) is 46.5 Å². The van der Waals surface area contributed by atoms with Crippen LogP contribution in [0, 0.1) is 11.6 Å². The first-order chi connectivity index (χ1) is 15.8. The Labute approximate surface area is 193 Å². The first-order valence-electron chi connectivity index (χ1n) is 10.2. The van der Waals surface area contributed by atoms with E-state index >= 15 is 4.39 Å². The number of nitrogens with zero attached hydrogens (tertiary/aromatic N) is 5. The molecule has 0 spiro atoms. The van der Waals surface area contributed by atoms with Crippen LogP contribution in [-0.4, -0.2) is 38.6 Å². The number of carbonyl (C=O) groups excluding carboxylic acids is 1. The van der Waals surface area contributed by atoms with Crippen molar-refractivity contribution < 1.29 is 13.6 Å². The molecule has 0 atom stereocenters. The molecule has 5 rings (SSSR count). The molecule has 33 heavy (non-hydrogen) atoms. The third-order valence-corrected chi connectivity index (χ3v) is 6.12. The van der Waals surface area contributed by atoms with E-state index in [-0.39, 0.29) is 23.4 Å². The molecular weight excluding hydrogens is 450 g/mol. The summed E-state index contributed by atoms with van der Waals surface area (Å²) in [6, 6.07) is 8.96. The highest BCUT2D eigenvalue weighted by Gasteiger charge is 2.31. The standard InChI is InChI=1S/C23H19ClF2N6O/c1-30-11-16(19-21(27)28-12-29-22(19)30)15-6-5-14(9-18(15)25)32-8-7-31(23(32)33)10-13-3-2-4-17(24)20(13)26/h2-6,9,11-12H,7-8,10H2,1H3,(H2,27,28,29). The number of aryl methyl sites for hydroxylation is 1. The van der Waals surface area contributed by atoms with Gasteiger partial charge in [-0.2, -0.15) is 0 Å². The number of anilines is 2. The molecule has 3 heterocycles. The lowest BCUT2D eigenvalue weighted by atomic mass is 10.0. The van der Waals surface area contributed by atoms with Crippen LogP contribution in [0.5, 0.6) is 0 Å². The number of carbonyl (C=O) groups is 1. The molecule has 4 aromatic rings. The fourth-order valence-electron chi connectivity index (χ4n) is 4.17. The monoisotopic (exact) mass is 468 g/mol. The Morgan fingerprint density at radius 2 is 1.94 bits per heavy atom. The molecule has 1 fully saturated rings. The third-order valence-electron chi connectivity index (χ3n) is 5.83. The molecule has 2 aromatic heterocycles. The van der Waals surface area contributed by atoms with Gasteiger partial charge >= 0.3 is 6.03 Å². The highest BCUT2D eigenvalue weighted by molar-refractivity contribution is 6.30. The van der Waals surface area contributed by atoms with Gasteiger partial charge in [-0.25, -0.2) is 23.5 Å². The summed E-state index contributed by atoms with van der Waals surface area (Å²) >= 11 is 5.84. The topological polar surface area (TPSA) is 80.3 Å². The molecule has 10 heteroatoms. The Bertz CT molecular complexity index is 1410. The number of benzene rings is 2. The fourth-order valence-corrected chi connectivity index (χ4v) is 4.37. The second-order valence-corrected chi connectivity index (χ2v) is 8.25. The molecule has 1 saturated heterocycles. The SMILES string of the molecule is Cn1cc(-c2ccc(N3CCN(Cc4cccc(Cl)c4F)C3=O)cc2F)c2c(N)ncnc21. The van der Waals surface area contributed by atoms with Crippen molar-refractivity contribution in [2.45, 2.75) is 6.54 Å². The molecule has 7 nitrogen and oxygen atoms in total. The lowest BCUT2D eigenvalue weighted by Gasteiger charge is -2.19. The number of hydrogen-bond acceptors (Lipinski definition) is 4. The Balaban J connectivity index is 1.43. The van der Waals surface area contributed by atoms with Crippen LogP contribution in [0.2, 0.25) is 5.02 Å². The summed E-state index contributed by atoms with van der Waals surface area (Å²) in [5, 5.41) is 0.576. The zero-order valence-corrected chi connectivity index (χ0v) is 18.4. The molecular formula is C23H19ClF2N6O. The highest BCUT2D eigenvalue weighted by atomic mass is 35.5. The average Bonchev–Trinajstić information content (AvgIpc) is 3.32. The van der Waals surface area contributed by atoms with Gasteiger partial charge in [-0.3, -0.25) is 4.90 Å². The van der Waals surface area contributed by atoms with Crippen LogP contribution in [-0.2, 0) is 13.6 Å². The van der Waals surface area contributed by atoms with E-state index in [9.17, 15) is 9.18 Å². The summed E-state index contributed by atoms with van der Waals surface area (Å²) < 4.78 is 31.2. The van der Waals surface area contributed by atoms with Crippen LogP contribution in [0.25, 0.3) is 22.2 Å². The second kappa shape index (κ2) is 8.00. The maximum atomic E-state index is 15.2. The molecule has 0 saturated carbocycles. The number of urea groups is 1. The van der Waals surface area contributed by atoms with Gasteiger partial charge in [-0.1, -0.05) is 23.7 Å². The zero-order valence-electron chi connectivity index (χ0n) is 17.6. The molecule has 0 unspecified atom stereocenters. The van der Waals surface area contributed by atoms with Gasteiger partial charge in [0.2, 0.25) is 0 Å². The van der Waals surface area contributed by atoms with Crippen molar-refractivity contribution in [3.8, 4) is 11.1 Å². The van der Waals surface area contributed by atoms with Crippen molar-refractivity contribution in [3.63, 3.8) is 0 Å². The molecule has 0 radical (unpaired) electrons. The smallest absolute Gasteiger partial charge is 0.324 e. The molecule has 168 valence electrons. The summed E-state index contributed by atoms with van der Waals surface area (Å²) in [4.78, 5) is 24.1. The summed E-state index contributed by atoms with van der Waals surface area (Å²) in [7, 11) is 1.80. The van der Waals surface area contributed by atoms with Gasteiger partial charge in [0.1, 0.15) is 29.4 Å². The number of amides is 2. The van der Waals surface area contributed by atoms with Gasteiger partial charge in [-0.05, 0) is 24.3 Å². The van der Waals surface area contributed by atoms with Crippen molar-refractivity contribution in [2.24, 2.45) is 7.05 Å². The highest BCUT2D eigenvalue weighted by Crippen LogP contribution is 2.35. The molecule has 0 bridgehead atoms. The van der Waals surface area contributed by atoms with Gasteiger partial charge in [0.15, 0.2) is 0 Å². The summed E-state index contributed by atoms with van der Waals surface area (Å²) in [6.07, 6.45) is 3.11. The van der Waals surface area contributed by atoms with Gasteiger partial charge in [-0.15, -0.1) is 0 Å². The van der Waals surface area contributed by atoms with Crippen LogP contribution < -0.4 is 10.6 Å². The van der Waals surface area contributed by atoms with Crippen LogP contribution >= 0.6 is 11.6 Å². The Kier molecular flexibility index (Phi) is 5.13. The normalized spacial score (nSPS) is 14.0. The van der Waals surface area contributed by atoms with E-state index in [1.54, 1.807) is 42.1 Å². The molecule has 2 N–H and O–H groups in total. The van der Waals surface area contributed by atoms with Gasteiger partial charge in [0.25, 0.3) is 0 Å². The summed E-state index contributed by atoms with van der Waals surface area (Å²) in [5.74, 6) is -0.785. The van der Waals surface area contributed by atoms with Gasteiger partial charge < -0.3 is 15.2 Å². The van der Waals surface area contributed by atoms with E-state index < -0.39 is 11.6 Å². The Morgan fingerprint density at radius 3 is 2.73 bits per heavy atom. The first kappa shape index (κ1) is 21.1. The van der Waals surface area contributed by atoms with Crippen molar-refractivity contribution in [1.29, 1.82) is 0 Å². The van der Waals surface area contributed by atoms with Gasteiger partial charge in [0, 0.05) is 48.7 Å². The minimum atomic E-state index is -0.542. The Hall–Kier alpha value is -3.72. The Morgan fingerprint density at radius 1 is 1.12 bits per heavy atom. The molecule has 0 aliphatic carbocycles. The van der Waals surface area contributed by atoms with E-state index in [0.717, 1.165) is 0 Å². The van der Waals surface area contributed by atoms with Crippen LogP contribution in [0.15, 0.2) is 48.9 Å². The number of nitrogens with two attached hydrogens (primary N) is 1. The lowest BCUT2D eigenvalue weighted by molar-refractivity contribution is 0.218. The zero-order chi connectivity index (χ0) is 23.3. The fraction of sp³-hybridized carbons (Fsp3) is 0.174. The third kappa shape index (κ3) is 3.54. The summed E-state index contributed by atoms with van der Waals surface area (Å²) in [5.41, 5.74) is 8.26. The quantitative estimate of drug-likeness (QED) is 0.475. The molecule has 2 amide bonds. The molecule has 2 aromatic carbocycles. The minimum absolute atomic E-state index is 0.00753. The maximum absolute atomic E-state index is 15.2. The number of aromatic nitrogens is 3. The van der Waals surface area contributed by atoms with E-state index in [2.05, 4.69) is 9.97 Å². The number of fused-ring (bicyclic) bond motifs is 1. The van der Waals surface area contributed by atoms with Crippen molar-refractivity contribution in [2.75, 3.05) is 23.7 Å². The minimum Gasteiger partial charge on any atom is -0.383 e. The van der Waals surface area contributed by atoms with E-state index in [1.807, 2.05) is 0 Å². The molecule has 1 aliphatic rings. The molecule has 1 aliphatic heterocycles. The van der Waals surface area contributed by atoms with Crippen molar-refractivity contribution in [1.82, 2.24) is 19.4 Å². The van der Waals surface area contributed by atoms with Crippen LogP contribution in [0.1, 0.15) is 5.56 Å². The number of hydrogen-bond donors (Lipinski definition) is 1. The number of rotatable bonds is 4. The van der Waals surface area contributed by atoms with E-state index in [1.165, 1.54) is 28.3 Å². The largest absolute Gasteiger partial charge is 0.383 e.